The molecule has 0 amide bonds. The lowest BCUT2D eigenvalue weighted by Gasteiger charge is -2.39. The molecule has 0 aromatic heterocycles. The second-order valence-corrected chi connectivity index (χ2v) is 6.34. The molecular formula is C18H30N2O. The maximum Gasteiger partial charge on any atom is 0.0518 e. The highest BCUT2D eigenvalue weighted by molar-refractivity contribution is 5.20. The highest BCUT2D eigenvalue weighted by atomic mass is 16.5. The highest BCUT2D eigenvalue weighted by Gasteiger charge is 2.25. The average Bonchev–Trinajstić information content (AvgIpc) is 2.49. The summed E-state index contributed by atoms with van der Waals surface area (Å²) in [6, 6.07) is 11.9. The Morgan fingerprint density at radius 2 is 2.00 bits per heavy atom. The number of hydrogen-bond acceptors (Lipinski definition) is 3. The molecule has 1 N–H and O–H groups in total. The summed E-state index contributed by atoms with van der Waals surface area (Å²) in [6.07, 6.45) is 2.73. The number of piperazine rings is 1. The summed E-state index contributed by atoms with van der Waals surface area (Å²) in [6.45, 7) is 10.8. The van der Waals surface area contributed by atoms with Gasteiger partial charge in [-0.25, -0.2) is 0 Å². The van der Waals surface area contributed by atoms with Crippen molar-refractivity contribution in [2.24, 2.45) is 0 Å². The van der Waals surface area contributed by atoms with Crippen molar-refractivity contribution in [3.05, 3.63) is 35.9 Å². The van der Waals surface area contributed by atoms with Crippen molar-refractivity contribution in [2.75, 3.05) is 26.2 Å². The molecule has 1 saturated heterocycles. The summed E-state index contributed by atoms with van der Waals surface area (Å²) in [5, 5.41) is 3.67. The van der Waals surface area contributed by atoms with Crippen molar-refractivity contribution in [1.29, 1.82) is 0 Å². The number of hydrogen-bond donors (Lipinski definition) is 1. The highest BCUT2D eigenvalue weighted by Crippen LogP contribution is 2.20. The average molecular weight is 290 g/mol. The lowest BCUT2D eigenvalue weighted by atomic mass is 10.0. The van der Waals surface area contributed by atoms with Crippen LogP contribution in [-0.2, 0) is 4.74 Å². The van der Waals surface area contributed by atoms with Crippen LogP contribution in [0.2, 0.25) is 0 Å². The molecule has 1 aliphatic rings. The van der Waals surface area contributed by atoms with Crippen LogP contribution in [0.25, 0.3) is 0 Å². The lowest BCUT2D eigenvalue weighted by Crippen LogP contribution is -2.51. The van der Waals surface area contributed by atoms with Crippen molar-refractivity contribution < 1.29 is 4.74 Å². The molecule has 2 atom stereocenters. The van der Waals surface area contributed by atoms with Crippen molar-refractivity contribution in [3.63, 3.8) is 0 Å². The predicted octanol–water partition coefficient (Wildman–Crippen LogP) is 3.23. The Bertz CT molecular complexity index is 393. The Morgan fingerprint density at radius 1 is 1.24 bits per heavy atom. The molecule has 1 aliphatic heterocycles. The number of benzene rings is 1. The third-order valence-electron chi connectivity index (χ3n) is 4.19. The summed E-state index contributed by atoms with van der Waals surface area (Å²) in [5.41, 5.74) is 1.40. The maximum absolute atomic E-state index is 5.62. The Kier molecular flexibility index (Phi) is 6.68. The van der Waals surface area contributed by atoms with Gasteiger partial charge in [-0.2, -0.15) is 0 Å². The number of unbranched alkanes of at least 4 members (excludes halogenated alkanes) is 1. The van der Waals surface area contributed by atoms with E-state index in [1.807, 2.05) is 0 Å². The van der Waals surface area contributed by atoms with Crippen LogP contribution in [0.1, 0.15) is 45.2 Å². The number of nitrogens with one attached hydrogen (secondary N) is 1. The maximum atomic E-state index is 5.62. The third-order valence-corrected chi connectivity index (χ3v) is 4.19. The fourth-order valence-electron chi connectivity index (χ4n) is 2.88. The minimum atomic E-state index is 0.352. The molecule has 1 aromatic rings. The standard InChI is InChI=1S/C18H30N2O/c1-15(2)21-12-8-7-11-20-14-18(19-13-16(20)3)17-9-5-4-6-10-17/h4-6,9-10,15-16,18-19H,7-8,11-14H2,1-3H3. The smallest absolute Gasteiger partial charge is 0.0518 e. The molecule has 0 spiro atoms. The second-order valence-electron chi connectivity index (χ2n) is 6.34. The first-order valence-corrected chi connectivity index (χ1v) is 8.31. The number of rotatable bonds is 7. The van der Waals surface area contributed by atoms with Crippen LogP contribution < -0.4 is 5.32 Å². The van der Waals surface area contributed by atoms with E-state index in [0.29, 0.717) is 18.2 Å². The molecule has 1 aromatic carbocycles. The van der Waals surface area contributed by atoms with E-state index in [1.165, 1.54) is 18.5 Å². The van der Waals surface area contributed by atoms with Crippen molar-refractivity contribution in [3.8, 4) is 0 Å². The van der Waals surface area contributed by atoms with Crippen LogP contribution >= 0.6 is 0 Å². The number of ether oxygens (including phenoxy) is 1. The molecule has 1 heterocycles. The molecule has 2 rings (SSSR count). The van der Waals surface area contributed by atoms with E-state index in [4.69, 9.17) is 4.74 Å². The Balaban J connectivity index is 1.76. The van der Waals surface area contributed by atoms with Gasteiger partial charge in [-0.05, 0) is 45.7 Å². The van der Waals surface area contributed by atoms with E-state index >= 15 is 0 Å². The van der Waals surface area contributed by atoms with Gasteiger partial charge in [-0.15, -0.1) is 0 Å². The van der Waals surface area contributed by atoms with Crippen molar-refractivity contribution in [1.82, 2.24) is 10.2 Å². The zero-order valence-corrected chi connectivity index (χ0v) is 13.7. The lowest BCUT2D eigenvalue weighted by molar-refractivity contribution is 0.0709. The van der Waals surface area contributed by atoms with Gasteiger partial charge in [0.25, 0.3) is 0 Å². The largest absolute Gasteiger partial charge is 0.379 e. The monoisotopic (exact) mass is 290 g/mol. The summed E-state index contributed by atoms with van der Waals surface area (Å²) >= 11 is 0. The first-order chi connectivity index (χ1) is 10.2. The fourth-order valence-corrected chi connectivity index (χ4v) is 2.88. The van der Waals surface area contributed by atoms with Gasteiger partial charge in [0, 0.05) is 31.8 Å². The first kappa shape index (κ1) is 16.5. The predicted molar refractivity (Wildman–Crippen MR) is 88.5 cm³/mol. The minimum Gasteiger partial charge on any atom is -0.379 e. The Labute approximate surface area is 129 Å². The van der Waals surface area contributed by atoms with E-state index in [-0.39, 0.29) is 0 Å². The molecule has 3 heteroatoms. The van der Waals surface area contributed by atoms with Crippen LogP contribution in [0.4, 0.5) is 0 Å². The van der Waals surface area contributed by atoms with Crippen LogP contribution in [0, 0.1) is 0 Å². The molecule has 21 heavy (non-hydrogen) atoms. The van der Waals surface area contributed by atoms with E-state index in [2.05, 4.69) is 61.3 Å². The topological polar surface area (TPSA) is 24.5 Å². The first-order valence-electron chi connectivity index (χ1n) is 8.31. The van der Waals surface area contributed by atoms with E-state index in [9.17, 15) is 0 Å². The zero-order valence-electron chi connectivity index (χ0n) is 13.7. The number of nitrogens with zero attached hydrogens (tertiary/aromatic N) is 1. The molecule has 0 aliphatic carbocycles. The van der Waals surface area contributed by atoms with E-state index in [0.717, 1.165) is 26.1 Å². The molecule has 118 valence electrons. The minimum absolute atomic E-state index is 0.352. The molecule has 0 bridgehead atoms. The van der Waals surface area contributed by atoms with Crippen LogP contribution in [0.15, 0.2) is 30.3 Å². The summed E-state index contributed by atoms with van der Waals surface area (Å²) in [4.78, 5) is 2.61. The van der Waals surface area contributed by atoms with Crippen LogP contribution in [-0.4, -0.2) is 43.3 Å². The summed E-state index contributed by atoms with van der Waals surface area (Å²) in [7, 11) is 0. The van der Waals surface area contributed by atoms with Gasteiger partial charge in [-0.3, -0.25) is 4.90 Å². The molecule has 0 saturated carbocycles. The Hall–Kier alpha value is -0.900. The molecular weight excluding hydrogens is 260 g/mol. The zero-order chi connectivity index (χ0) is 15.1. The van der Waals surface area contributed by atoms with Gasteiger partial charge >= 0.3 is 0 Å². The third kappa shape index (κ3) is 5.42. The van der Waals surface area contributed by atoms with Crippen molar-refractivity contribution in [2.45, 2.75) is 51.8 Å². The fraction of sp³-hybridized carbons (Fsp3) is 0.667. The molecule has 0 radical (unpaired) electrons. The molecule has 2 unspecified atom stereocenters. The quantitative estimate of drug-likeness (QED) is 0.780. The molecule has 3 nitrogen and oxygen atoms in total. The van der Waals surface area contributed by atoms with Gasteiger partial charge in [0.15, 0.2) is 0 Å². The van der Waals surface area contributed by atoms with Crippen molar-refractivity contribution >= 4 is 0 Å². The summed E-state index contributed by atoms with van der Waals surface area (Å²) in [5.74, 6) is 0. The van der Waals surface area contributed by atoms with Crippen LogP contribution in [0.5, 0.6) is 0 Å². The molecule has 1 fully saturated rings. The van der Waals surface area contributed by atoms with Crippen LogP contribution in [0.3, 0.4) is 0 Å². The van der Waals surface area contributed by atoms with Gasteiger partial charge < -0.3 is 10.1 Å². The van der Waals surface area contributed by atoms with Gasteiger partial charge in [0.1, 0.15) is 0 Å². The SMILES string of the molecule is CC(C)OCCCCN1CC(c2ccccc2)NCC1C. The Morgan fingerprint density at radius 3 is 2.71 bits per heavy atom. The van der Waals surface area contributed by atoms with E-state index in [1.54, 1.807) is 0 Å². The normalized spacial score (nSPS) is 23.6. The van der Waals surface area contributed by atoms with Gasteiger partial charge in [0.2, 0.25) is 0 Å². The van der Waals surface area contributed by atoms with Gasteiger partial charge in [-0.1, -0.05) is 30.3 Å². The van der Waals surface area contributed by atoms with Gasteiger partial charge in [0.05, 0.1) is 6.10 Å². The van der Waals surface area contributed by atoms with E-state index < -0.39 is 0 Å². The summed E-state index contributed by atoms with van der Waals surface area (Å²) < 4.78 is 5.62. The second kappa shape index (κ2) is 8.52.